The molecule has 1 N–H and O–H groups in total. The summed E-state index contributed by atoms with van der Waals surface area (Å²) in [4.78, 5) is 29.2. The molecule has 4 aromatic rings. The average molecular weight is 595 g/mol. The Labute approximate surface area is 246 Å². The molecule has 0 atom stereocenters. The Hall–Kier alpha value is -4.32. The maximum atomic E-state index is 13.8. The highest BCUT2D eigenvalue weighted by molar-refractivity contribution is 7.98. The number of ether oxygens (including phenoxy) is 1. The first-order valence-corrected chi connectivity index (χ1v) is 14.3. The van der Waals surface area contributed by atoms with Crippen molar-refractivity contribution in [1.29, 1.82) is 0 Å². The van der Waals surface area contributed by atoms with Crippen LogP contribution < -0.4 is 19.9 Å². The topological polar surface area (TPSA) is 83.5 Å². The molecule has 42 heavy (non-hydrogen) atoms. The Morgan fingerprint density at radius 3 is 2.40 bits per heavy atom. The van der Waals surface area contributed by atoms with Crippen molar-refractivity contribution < 1.29 is 22.7 Å². The van der Waals surface area contributed by atoms with E-state index in [-0.39, 0.29) is 23.4 Å². The van der Waals surface area contributed by atoms with Gasteiger partial charge in [-0.25, -0.2) is 9.97 Å². The summed E-state index contributed by atoms with van der Waals surface area (Å²) in [6.45, 7) is 2.58. The molecule has 0 radical (unpaired) electrons. The van der Waals surface area contributed by atoms with Crippen LogP contribution >= 0.6 is 11.8 Å². The number of rotatable bonds is 9. The van der Waals surface area contributed by atoms with Gasteiger partial charge in [-0.15, -0.1) is 0 Å². The fourth-order valence-corrected chi connectivity index (χ4v) is 5.29. The number of carbonyl (C=O) groups excluding carboxylic acids is 1. The van der Waals surface area contributed by atoms with Gasteiger partial charge in [-0.3, -0.25) is 9.78 Å². The third-order valence-electron chi connectivity index (χ3n) is 6.74. The molecule has 0 bridgehead atoms. The zero-order valence-corrected chi connectivity index (χ0v) is 23.7. The average Bonchev–Trinajstić information content (AvgIpc) is 3.03. The lowest BCUT2D eigenvalue weighted by Gasteiger charge is -2.37. The largest absolute Gasteiger partial charge is 0.497 e. The highest BCUT2D eigenvalue weighted by Crippen LogP contribution is 2.33. The number of benzene rings is 2. The monoisotopic (exact) mass is 594 g/mol. The Morgan fingerprint density at radius 1 is 0.952 bits per heavy atom. The van der Waals surface area contributed by atoms with E-state index in [1.54, 1.807) is 37.6 Å². The van der Waals surface area contributed by atoms with Gasteiger partial charge in [0.1, 0.15) is 11.6 Å². The number of aromatic nitrogens is 3. The number of piperazine rings is 1. The smallest absolute Gasteiger partial charge is 0.433 e. The summed E-state index contributed by atoms with van der Waals surface area (Å²) in [6, 6.07) is 21.1. The number of nitrogens with zero attached hydrogens (tertiary/aromatic N) is 5. The van der Waals surface area contributed by atoms with Crippen molar-refractivity contribution in [3.05, 3.63) is 102 Å². The molecule has 0 aliphatic carbocycles. The lowest BCUT2D eigenvalue weighted by Crippen LogP contribution is -2.47. The summed E-state index contributed by atoms with van der Waals surface area (Å²) in [5.74, 6) is 1.04. The standard InChI is InChI=1S/C30H29F3N6O2S/c1-41-25-10-8-24(9-11-25)38-13-15-39(16-14-38)27-18-26(30(31,32)33)36-29(37-27)42-20-21-5-4-6-22(17-21)28(40)35-19-23-7-2-3-12-34-23/h2-12,17-18H,13-16,19-20H2,1H3,(H,35,40). The van der Waals surface area contributed by atoms with Crippen molar-refractivity contribution in [3.63, 3.8) is 0 Å². The number of methoxy groups -OCH3 is 1. The number of anilines is 2. The molecule has 0 unspecified atom stereocenters. The van der Waals surface area contributed by atoms with Crippen molar-refractivity contribution in [1.82, 2.24) is 20.3 Å². The zero-order chi connectivity index (χ0) is 29.5. The summed E-state index contributed by atoms with van der Waals surface area (Å²) < 4.78 is 46.5. The minimum absolute atomic E-state index is 0.0300. The number of amides is 1. The number of nitrogens with one attached hydrogen (secondary N) is 1. The molecule has 1 amide bonds. The predicted molar refractivity (Wildman–Crippen MR) is 156 cm³/mol. The highest BCUT2D eigenvalue weighted by atomic mass is 32.2. The number of hydrogen-bond acceptors (Lipinski definition) is 8. The van der Waals surface area contributed by atoms with Gasteiger partial charge in [0.25, 0.3) is 5.91 Å². The second-order valence-electron chi connectivity index (χ2n) is 9.56. The normalized spacial score (nSPS) is 13.6. The lowest BCUT2D eigenvalue weighted by molar-refractivity contribution is -0.141. The number of halogens is 3. The minimum atomic E-state index is -4.61. The number of pyridine rings is 1. The summed E-state index contributed by atoms with van der Waals surface area (Å²) in [7, 11) is 1.61. The molecule has 3 heterocycles. The van der Waals surface area contributed by atoms with Crippen LogP contribution in [0.1, 0.15) is 27.3 Å². The van der Waals surface area contributed by atoms with E-state index < -0.39 is 11.9 Å². The van der Waals surface area contributed by atoms with Gasteiger partial charge >= 0.3 is 6.18 Å². The van der Waals surface area contributed by atoms with E-state index in [4.69, 9.17) is 4.74 Å². The van der Waals surface area contributed by atoms with Crippen molar-refractivity contribution in [3.8, 4) is 5.75 Å². The van der Waals surface area contributed by atoms with Crippen molar-refractivity contribution in [2.24, 2.45) is 0 Å². The van der Waals surface area contributed by atoms with Crippen LogP contribution in [0.25, 0.3) is 0 Å². The SMILES string of the molecule is COc1ccc(N2CCN(c3cc(C(F)(F)F)nc(SCc4cccc(C(=O)NCc5ccccn5)c4)n3)CC2)cc1. The quantitative estimate of drug-likeness (QED) is 0.203. The molecule has 0 spiro atoms. The zero-order valence-electron chi connectivity index (χ0n) is 22.8. The van der Waals surface area contributed by atoms with E-state index in [1.807, 2.05) is 47.4 Å². The van der Waals surface area contributed by atoms with Crippen molar-refractivity contribution in [2.45, 2.75) is 23.6 Å². The van der Waals surface area contributed by atoms with E-state index in [0.29, 0.717) is 37.5 Å². The van der Waals surface area contributed by atoms with Gasteiger partial charge in [-0.05, 0) is 54.1 Å². The summed E-state index contributed by atoms with van der Waals surface area (Å²) in [6.07, 6.45) is -2.95. The predicted octanol–water partition coefficient (Wildman–Crippen LogP) is 5.45. The second kappa shape index (κ2) is 13.1. The van der Waals surface area contributed by atoms with Gasteiger partial charge in [0, 0.05) is 55.4 Å². The number of hydrogen-bond donors (Lipinski definition) is 1. The first-order chi connectivity index (χ1) is 20.3. The molecule has 1 fully saturated rings. The lowest BCUT2D eigenvalue weighted by atomic mass is 10.1. The number of carbonyl (C=O) groups is 1. The Kier molecular flexibility index (Phi) is 9.11. The van der Waals surface area contributed by atoms with E-state index in [2.05, 4.69) is 25.2 Å². The third-order valence-corrected chi connectivity index (χ3v) is 7.66. The van der Waals surface area contributed by atoms with Crippen LogP contribution in [0, 0.1) is 0 Å². The fourth-order valence-electron chi connectivity index (χ4n) is 4.50. The molecular formula is C30H29F3N6O2S. The van der Waals surface area contributed by atoms with Gasteiger partial charge in [-0.1, -0.05) is 30.0 Å². The van der Waals surface area contributed by atoms with Crippen molar-refractivity contribution in [2.75, 3.05) is 43.1 Å². The van der Waals surface area contributed by atoms with Crippen LogP contribution in [0.4, 0.5) is 24.7 Å². The van der Waals surface area contributed by atoms with E-state index in [0.717, 1.165) is 40.5 Å². The van der Waals surface area contributed by atoms with Crippen molar-refractivity contribution >= 4 is 29.2 Å². The number of thioether (sulfide) groups is 1. The van der Waals surface area contributed by atoms with Crippen LogP contribution in [0.15, 0.2) is 84.1 Å². The molecule has 2 aromatic carbocycles. The Balaban J connectivity index is 1.24. The fraction of sp³-hybridized carbons (Fsp3) is 0.267. The highest BCUT2D eigenvalue weighted by Gasteiger charge is 2.34. The maximum absolute atomic E-state index is 13.8. The summed E-state index contributed by atoms with van der Waals surface area (Å²) in [5, 5.41) is 2.86. The molecule has 1 aliphatic rings. The Morgan fingerprint density at radius 2 is 1.71 bits per heavy atom. The first kappa shape index (κ1) is 29.2. The molecule has 8 nitrogen and oxygen atoms in total. The van der Waals surface area contributed by atoms with E-state index in [9.17, 15) is 18.0 Å². The molecule has 1 saturated heterocycles. The number of alkyl halides is 3. The van der Waals surface area contributed by atoms with Crippen LogP contribution in [-0.4, -0.2) is 54.1 Å². The summed E-state index contributed by atoms with van der Waals surface area (Å²) in [5.41, 5.74) is 2.00. The maximum Gasteiger partial charge on any atom is 0.433 e. The summed E-state index contributed by atoms with van der Waals surface area (Å²) >= 11 is 1.10. The molecule has 218 valence electrons. The molecule has 1 aliphatic heterocycles. The van der Waals surface area contributed by atoms with E-state index >= 15 is 0 Å². The van der Waals surface area contributed by atoms with Crippen LogP contribution in [0.5, 0.6) is 5.75 Å². The van der Waals surface area contributed by atoms with Gasteiger partial charge in [-0.2, -0.15) is 13.2 Å². The first-order valence-electron chi connectivity index (χ1n) is 13.3. The molecule has 0 saturated carbocycles. The van der Waals surface area contributed by atoms with Crippen LogP contribution in [-0.2, 0) is 18.5 Å². The second-order valence-corrected chi connectivity index (χ2v) is 10.5. The molecule has 2 aromatic heterocycles. The Bertz CT molecular complexity index is 1500. The molecular weight excluding hydrogens is 565 g/mol. The van der Waals surface area contributed by atoms with Crippen LogP contribution in [0.2, 0.25) is 0 Å². The van der Waals surface area contributed by atoms with Gasteiger partial charge in [0.05, 0.1) is 19.3 Å². The van der Waals surface area contributed by atoms with Gasteiger partial charge in [0.15, 0.2) is 10.9 Å². The van der Waals surface area contributed by atoms with E-state index in [1.165, 1.54) is 0 Å². The van der Waals surface area contributed by atoms with Gasteiger partial charge in [0.2, 0.25) is 0 Å². The molecule has 12 heteroatoms. The minimum Gasteiger partial charge on any atom is -0.497 e. The third kappa shape index (κ3) is 7.49. The van der Waals surface area contributed by atoms with Crippen LogP contribution in [0.3, 0.4) is 0 Å². The molecule has 5 rings (SSSR count). The van der Waals surface area contributed by atoms with Gasteiger partial charge < -0.3 is 19.9 Å².